The number of nitrogens with zero attached hydrogens (tertiary/aromatic N) is 1. The van der Waals surface area contributed by atoms with Gasteiger partial charge in [0.2, 0.25) is 5.91 Å². The van der Waals surface area contributed by atoms with Crippen LogP contribution in [0.15, 0.2) is 0 Å². The third kappa shape index (κ3) is 3.96. The molecule has 1 saturated carbocycles. The molecule has 1 amide bonds. The van der Waals surface area contributed by atoms with Gasteiger partial charge in [-0.3, -0.25) is 9.69 Å². The van der Waals surface area contributed by atoms with Crippen LogP contribution in [-0.2, 0) is 4.79 Å². The average molecular weight is 241 g/mol. The molecule has 17 heavy (non-hydrogen) atoms. The predicted octanol–water partition coefficient (Wildman–Crippen LogP) is 1.23. The average Bonchev–Trinajstić information content (AvgIpc) is 2.29. The van der Waals surface area contributed by atoms with Gasteiger partial charge in [0.1, 0.15) is 0 Å². The van der Waals surface area contributed by atoms with Crippen LogP contribution in [0.4, 0.5) is 0 Å². The van der Waals surface area contributed by atoms with E-state index in [1.54, 1.807) is 0 Å². The van der Waals surface area contributed by atoms with Crippen LogP contribution in [0.2, 0.25) is 0 Å². The molecule has 1 atom stereocenters. The lowest BCUT2D eigenvalue weighted by molar-refractivity contribution is -0.124. The highest BCUT2D eigenvalue weighted by Crippen LogP contribution is 2.24. The van der Waals surface area contributed by atoms with Crippen LogP contribution in [0.25, 0.3) is 0 Å². The number of nitrogens with two attached hydrogens (primary N) is 2. The molecule has 4 N–H and O–H groups in total. The van der Waals surface area contributed by atoms with Crippen molar-refractivity contribution in [1.29, 1.82) is 0 Å². The van der Waals surface area contributed by atoms with Crippen LogP contribution in [0.3, 0.4) is 0 Å². The highest BCUT2D eigenvalue weighted by molar-refractivity contribution is 5.79. The predicted molar refractivity (Wildman–Crippen MR) is 70.5 cm³/mol. The number of primary amides is 1. The fourth-order valence-corrected chi connectivity index (χ4v) is 2.88. The summed E-state index contributed by atoms with van der Waals surface area (Å²) in [4.78, 5) is 13.8. The van der Waals surface area contributed by atoms with Gasteiger partial charge in [0.05, 0.1) is 6.04 Å². The summed E-state index contributed by atoms with van der Waals surface area (Å²) in [5, 5.41) is 0. The summed E-state index contributed by atoms with van der Waals surface area (Å²) in [7, 11) is 0. The third-order valence-corrected chi connectivity index (χ3v) is 3.81. The molecule has 4 heteroatoms. The van der Waals surface area contributed by atoms with E-state index in [2.05, 4.69) is 11.8 Å². The van der Waals surface area contributed by atoms with Gasteiger partial charge in [0, 0.05) is 12.1 Å². The van der Waals surface area contributed by atoms with Crippen molar-refractivity contribution < 1.29 is 4.79 Å². The first kappa shape index (κ1) is 14.5. The molecule has 0 saturated heterocycles. The van der Waals surface area contributed by atoms with Gasteiger partial charge in [-0.05, 0) is 45.1 Å². The molecule has 0 heterocycles. The van der Waals surface area contributed by atoms with E-state index >= 15 is 0 Å². The van der Waals surface area contributed by atoms with Crippen LogP contribution < -0.4 is 11.5 Å². The second-order valence-electron chi connectivity index (χ2n) is 5.13. The minimum Gasteiger partial charge on any atom is -0.368 e. The van der Waals surface area contributed by atoms with Crippen LogP contribution in [0, 0.1) is 0 Å². The molecule has 0 aliphatic heterocycles. The Hall–Kier alpha value is -0.610. The number of rotatable bonds is 6. The molecule has 0 aromatic heterocycles. The van der Waals surface area contributed by atoms with Crippen LogP contribution >= 0.6 is 0 Å². The molecule has 1 unspecified atom stereocenters. The lowest BCUT2D eigenvalue weighted by Gasteiger charge is -2.39. The minimum absolute atomic E-state index is 0.103. The van der Waals surface area contributed by atoms with Gasteiger partial charge in [0.15, 0.2) is 0 Å². The van der Waals surface area contributed by atoms with Crippen molar-refractivity contribution in [3.63, 3.8) is 0 Å². The highest BCUT2D eigenvalue weighted by Gasteiger charge is 2.30. The van der Waals surface area contributed by atoms with Crippen molar-refractivity contribution in [2.75, 3.05) is 6.54 Å². The van der Waals surface area contributed by atoms with Crippen molar-refractivity contribution >= 4 is 5.91 Å². The van der Waals surface area contributed by atoms with E-state index in [0.29, 0.717) is 12.1 Å². The summed E-state index contributed by atoms with van der Waals surface area (Å²) in [5.41, 5.74) is 11.4. The van der Waals surface area contributed by atoms with E-state index in [4.69, 9.17) is 11.5 Å². The fraction of sp³-hybridized carbons (Fsp3) is 0.923. The normalized spacial score (nSPS) is 27.1. The molecular weight excluding hydrogens is 214 g/mol. The Bertz CT molecular complexity index is 237. The van der Waals surface area contributed by atoms with E-state index in [1.807, 2.05) is 6.92 Å². The Balaban J connectivity index is 2.66. The molecule has 0 aromatic carbocycles. The standard InChI is InChI=1S/C13H27N3O/c1-3-9-16(12(4-2)13(15)17)11-7-5-10(14)6-8-11/h10-12H,3-9,14H2,1-2H3,(H2,15,17). The lowest BCUT2D eigenvalue weighted by Crippen LogP contribution is -2.51. The fourth-order valence-electron chi connectivity index (χ4n) is 2.88. The van der Waals surface area contributed by atoms with Gasteiger partial charge < -0.3 is 11.5 Å². The first-order valence-corrected chi connectivity index (χ1v) is 6.90. The van der Waals surface area contributed by atoms with Gasteiger partial charge >= 0.3 is 0 Å². The lowest BCUT2D eigenvalue weighted by atomic mass is 9.89. The largest absolute Gasteiger partial charge is 0.368 e. The number of hydrogen-bond donors (Lipinski definition) is 2. The van der Waals surface area contributed by atoms with E-state index in [0.717, 1.165) is 45.1 Å². The number of carbonyl (C=O) groups is 1. The van der Waals surface area contributed by atoms with E-state index in [1.165, 1.54) is 0 Å². The summed E-state index contributed by atoms with van der Waals surface area (Å²) in [6.45, 7) is 5.14. The highest BCUT2D eigenvalue weighted by atomic mass is 16.1. The van der Waals surface area contributed by atoms with Crippen molar-refractivity contribution in [3.8, 4) is 0 Å². The maximum absolute atomic E-state index is 11.5. The Labute approximate surface area is 105 Å². The molecule has 1 fully saturated rings. The zero-order chi connectivity index (χ0) is 12.8. The van der Waals surface area contributed by atoms with Gasteiger partial charge in [-0.25, -0.2) is 0 Å². The summed E-state index contributed by atoms with van der Waals surface area (Å²) >= 11 is 0. The van der Waals surface area contributed by atoms with Crippen molar-refractivity contribution in [3.05, 3.63) is 0 Å². The number of carbonyl (C=O) groups excluding carboxylic acids is 1. The molecule has 0 aromatic rings. The summed E-state index contributed by atoms with van der Waals surface area (Å²) in [5.74, 6) is -0.184. The topological polar surface area (TPSA) is 72.3 Å². The monoisotopic (exact) mass is 241 g/mol. The van der Waals surface area contributed by atoms with E-state index in [-0.39, 0.29) is 11.9 Å². The Morgan fingerprint density at radius 3 is 2.29 bits per heavy atom. The summed E-state index contributed by atoms with van der Waals surface area (Å²) in [6.07, 6.45) is 6.21. The van der Waals surface area contributed by atoms with E-state index < -0.39 is 0 Å². The molecule has 1 rings (SSSR count). The number of hydrogen-bond acceptors (Lipinski definition) is 3. The van der Waals surface area contributed by atoms with Gasteiger partial charge in [-0.2, -0.15) is 0 Å². The molecule has 1 aliphatic rings. The van der Waals surface area contributed by atoms with Gasteiger partial charge in [-0.15, -0.1) is 0 Å². The van der Waals surface area contributed by atoms with E-state index in [9.17, 15) is 4.79 Å². The van der Waals surface area contributed by atoms with Crippen molar-refractivity contribution in [2.45, 2.75) is 70.5 Å². The zero-order valence-electron chi connectivity index (χ0n) is 11.2. The van der Waals surface area contributed by atoms with Crippen LogP contribution in [0.1, 0.15) is 52.4 Å². The molecule has 0 spiro atoms. The maximum atomic E-state index is 11.5. The first-order chi connectivity index (χ1) is 8.10. The zero-order valence-corrected chi connectivity index (χ0v) is 11.2. The van der Waals surface area contributed by atoms with Crippen LogP contribution in [0.5, 0.6) is 0 Å². The second-order valence-corrected chi connectivity index (χ2v) is 5.13. The second kappa shape index (κ2) is 6.97. The Kier molecular flexibility index (Phi) is 5.92. The van der Waals surface area contributed by atoms with Gasteiger partial charge in [-0.1, -0.05) is 13.8 Å². The quantitative estimate of drug-likeness (QED) is 0.734. The van der Waals surface area contributed by atoms with Crippen molar-refractivity contribution in [1.82, 2.24) is 4.90 Å². The summed E-state index contributed by atoms with van der Waals surface area (Å²) < 4.78 is 0. The number of amides is 1. The molecule has 1 aliphatic carbocycles. The first-order valence-electron chi connectivity index (χ1n) is 6.90. The molecule has 0 bridgehead atoms. The molecule has 100 valence electrons. The minimum atomic E-state index is -0.184. The maximum Gasteiger partial charge on any atom is 0.234 e. The Morgan fingerprint density at radius 1 is 1.29 bits per heavy atom. The SMILES string of the molecule is CCCN(C1CCC(N)CC1)C(CC)C(N)=O. The molecular formula is C13H27N3O. The third-order valence-electron chi connectivity index (χ3n) is 3.81. The van der Waals surface area contributed by atoms with Crippen molar-refractivity contribution in [2.24, 2.45) is 11.5 Å². The van der Waals surface area contributed by atoms with Gasteiger partial charge in [0.25, 0.3) is 0 Å². The Morgan fingerprint density at radius 2 is 1.88 bits per heavy atom. The smallest absolute Gasteiger partial charge is 0.234 e. The molecule has 0 radical (unpaired) electrons. The molecule has 4 nitrogen and oxygen atoms in total. The summed E-state index contributed by atoms with van der Waals surface area (Å²) in [6, 6.07) is 0.741. The van der Waals surface area contributed by atoms with Crippen LogP contribution in [-0.4, -0.2) is 35.5 Å².